The lowest BCUT2D eigenvalue weighted by Crippen LogP contribution is -2.36. The molecule has 8 nitrogen and oxygen atoms in total. The average Bonchev–Trinajstić information content (AvgIpc) is 3.53. The van der Waals surface area contributed by atoms with Gasteiger partial charge < -0.3 is 25.3 Å². The van der Waals surface area contributed by atoms with E-state index < -0.39 is 11.7 Å². The van der Waals surface area contributed by atoms with Crippen LogP contribution in [0.15, 0.2) is 24.5 Å². The third kappa shape index (κ3) is 3.68. The quantitative estimate of drug-likeness (QED) is 0.553. The first-order chi connectivity index (χ1) is 16.0. The van der Waals surface area contributed by atoms with Crippen LogP contribution in [0.2, 0.25) is 0 Å². The van der Waals surface area contributed by atoms with Crippen molar-refractivity contribution in [1.29, 1.82) is 0 Å². The van der Waals surface area contributed by atoms with Crippen LogP contribution in [0.1, 0.15) is 18.4 Å². The zero-order valence-electron chi connectivity index (χ0n) is 17.8. The molecule has 0 aromatic carbocycles. The van der Waals surface area contributed by atoms with Gasteiger partial charge in [-0.2, -0.15) is 13.2 Å². The Morgan fingerprint density at radius 3 is 2.67 bits per heavy atom. The largest absolute Gasteiger partial charge is 0.419 e. The summed E-state index contributed by atoms with van der Waals surface area (Å²) in [4.78, 5) is 18.1. The molecule has 3 atom stereocenters. The standard InChI is InChI=1S/C22H24F3N7O/c23-22(24,25)15-11-28-21(30-18-12-1-3-16(18)26-9-12)31-19(15)14-10-27-20-13(14)2-4-17(29-20)32-5-7-33-8-6-32/h2,4,10-12,16,18,26H,1,3,5-9H2,(H,27,29)(H,28,30,31)/t12-,16-,18-/m1/s1. The molecule has 3 fully saturated rings. The van der Waals surface area contributed by atoms with Gasteiger partial charge in [-0.05, 0) is 30.9 Å². The zero-order valence-corrected chi connectivity index (χ0v) is 17.8. The summed E-state index contributed by atoms with van der Waals surface area (Å²) in [6.45, 7) is 3.61. The summed E-state index contributed by atoms with van der Waals surface area (Å²) in [6.07, 6.45) is -0.00332. The maximum atomic E-state index is 13.9. The molecule has 3 N–H and O–H groups in total. The van der Waals surface area contributed by atoms with E-state index in [0.29, 0.717) is 41.8 Å². The molecular weight excluding hydrogens is 435 g/mol. The number of pyridine rings is 1. The molecule has 2 bridgehead atoms. The van der Waals surface area contributed by atoms with E-state index >= 15 is 0 Å². The van der Waals surface area contributed by atoms with E-state index in [9.17, 15) is 13.2 Å². The highest BCUT2D eigenvalue weighted by atomic mass is 19.4. The van der Waals surface area contributed by atoms with Gasteiger partial charge in [-0.1, -0.05) is 0 Å². The zero-order chi connectivity index (χ0) is 22.6. The number of alkyl halides is 3. The molecule has 0 spiro atoms. The highest BCUT2D eigenvalue weighted by molar-refractivity contribution is 5.94. The van der Waals surface area contributed by atoms with Crippen molar-refractivity contribution in [3.63, 3.8) is 0 Å². The van der Waals surface area contributed by atoms with E-state index in [1.54, 1.807) is 12.3 Å². The van der Waals surface area contributed by atoms with Gasteiger partial charge >= 0.3 is 6.18 Å². The van der Waals surface area contributed by atoms with Crippen LogP contribution >= 0.6 is 0 Å². The monoisotopic (exact) mass is 459 g/mol. The minimum Gasteiger partial charge on any atom is -0.378 e. The van der Waals surface area contributed by atoms with Crippen LogP contribution in [-0.2, 0) is 10.9 Å². The number of hydrogen-bond donors (Lipinski definition) is 3. The average molecular weight is 459 g/mol. The number of anilines is 2. The predicted octanol–water partition coefficient (Wildman–Crippen LogP) is 3.04. The molecule has 6 rings (SSSR count). The van der Waals surface area contributed by atoms with Gasteiger partial charge in [-0.3, -0.25) is 0 Å². The number of hydrogen-bond acceptors (Lipinski definition) is 7. The first-order valence-electron chi connectivity index (χ1n) is 11.2. The molecule has 11 heteroatoms. The lowest BCUT2D eigenvalue weighted by atomic mass is 10.1. The summed E-state index contributed by atoms with van der Waals surface area (Å²) in [6, 6.07) is 4.08. The Balaban J connectivity index is 1.38. The van der Waals surface area contributed by atoms with Crippen LogP contribution in [0.5, 0.6) is 0 Å². The number of piperidine rings is 1. The van der Waals surface area contributed by atoms with E-state index in [-0.39, 0.29) is 17.7 Å². The number of rotatable bonds is 4. The van der Waals surface area contributed by atoms with Gasteiger partial charge in [0.05, 0.1) is 18.9 Å². The highest BCUT2D eigenvalue weighted by Gasteiger charge is 2.42. The maximum Gasteiger partial charge on any atom is 0.419 e. The highest BCUT2D eigenvalue weighted by Crippen LogP contribution is 2.39. The Hall–Kier alpha value is -2.92. The van der Waals surface area contributed by atoms with E-state index in [2.05, 4.69) is 35.5 Å². The molecule has 3 aromatic rings. The Kier molecular flexibility index (Phi) is 4.91. The minimum absolute atomic E-state index is 0.135. The Morgan fingerprint density at radius 1 is 1.12 bits per heavy atom. The summed E-state index contributed by atoms with van der Waals surface area (Å²) in [5.41, 5.74) is -0.131. The molecular formula is C22H24F3N7O. The van der Waals surface area contributed by atoms with Crippen LogP contribution in [0, 0.1) is 5.92 Å². The number of aromatic amines is 1. The summed E-state index contributed by atoms with van der Waals surface area (Å²) < 4.78 is 47.0. The van der Waals surface area contributed by atoms with Gasteiger partial charge in [0.15, 0.2) is 0 Å². The Bertz CT molecular complexity index is 1150. The van der Waals surface area contributed by atoms with Crippen molar-refractivity contribution in [3.05, 3.63) is 30.1 Å². The second-order valence-electron chi connectivity index (χ2n) is 8.84. The first-order valence-corrected chi connectivity index (χ1v) is 11.2. The van der Waals surface area contributed by atoms with Crippen LogP contribution in [-0.4, -0.2) is 64.9 Å². The fourth-order valence-corrected chi connectivity index (χ4v) is 5.23. The summed E-state index contributed by atoms with van der Waals surface area (Å²) >= 11 is 0. The number of morpholine rings is 1. The fourth-order valence-electron chi connectivity index (χ4n) is 5.23. The molecule has 33 heavy (non-hydrogen) atoms. The van der Waals surface area contributed by atoms with Crippen LogP contribution in [0.25, 0.3) is 22.3 Å². The third-order valence-corrected chi connectivity index (χ3v) is 6.94. The van der Waals surface area contributed by atoms with Crippen molar-refractivity contribution in [1.82, 2.24) is 25.3 Å². The number of fused-ring (bicyclic) bond motifs is 3. The normalized spacial score (nSPS) is 25.2. The van der Waals surface area contributed by atoms with E-state index in [1.807, 2.05) is 6.07 Å². The number of nitrogens with zero attached hydrogens (tertiary/aromatic N) is 4. The summed E-state index contributed by atoms with van der Waals surface area (Å²) in [5.74, 6) is 1.43. The number of halogens is 3. The molecule has 0 amide bonds. The van der Waals surface area contributed by atoms with Gasteiger partial charge in [-0.15, -0.1) is 0 Å². The van der Waals surface area contributed by atoms with Crippen molar-refractivity contribution in [2.75, 3.05) is 43.1 Å². The van der Waals surface area contributed by atoms with Crippen LogP contribution in [0.3, 0.4) is 0 Å². The van der Waals surface area contributed by atoms with Crippen molar-refractivity contribution >= 4 is 22.8 Å². The number of aromatic nitrogens is 4. The molecule has 2 aliphatic heterocycles. The van der Waals surface area contributed by atoms with E-state index in [1.165, 1.54) is 0 Å². The molecule has 1 saturated carbocycles. The molecule has 3 aliphatic rings. The third-order valence-electron chi connectivity index (χ3n) is 6.94. The van der Waals surface area contributed by atoms with Crippen molar-refractivity contribution < 1.29 is 17.9 Å². The minimum atomic E-state index is -4.58. The van der Waals surface area contributed by atoms with Gasteiger partial charge in [0.1, 0.15) is 17.0 Å². The molecule has 0 radical (unpaired) electrons. The lowest BCUT2D eigenvalue weighted by molar-refractivity contribution is -0.137. The Labute approximate surface area is 188 Å². The Morgan fingerprint density at radius 2 is 1.97 bits per heavy atom. The smallest absolute Gasteiger partial charge is 0.378 e. The topological polar surface area (TPSA) is 91.0 Å². The van der Waals surface area contributed by atoms with Crippen LogP contribution < -0.4 is 15.5 Å². The molecule has 0 unspecified atom stereocenters. The van der Waals surface area contributed by atoms with Crippen molar-refractivity contribution in [2.24, 2.45) is 5.92 Å². The summed E-state index contributed by atoms with van der Waals surface area (Å²) in [7, 11) is 0. The van der Waals surface area contributed by atoms with E-state index in [0.717, 1.165) is 44.5 Å². The second kappa shape index (κ2) is 7.84. The molecule has 2 saturated heterocycles. The van der Waals surface area contributed by atoms with Crippen LogP contribution in [0.4, 0.5) is 24.9 Å². The number of nitrogens with one attached hydrogen (secondary N) is 3. The van der Waals surface area contributed by atoms with Crippen molar-refractivity contribution in [3.8, 4) is 11.3 Å². The predicted molar refractivity (Wildman–Crippen MR) is 117 cm³/mol. The SMILES string of the molecule is FC(F)(F)c1cnc(N[C@@H]2[C@@H]3CC[C@H]2NC3)nc1-c1c[nH]c2nc(N3CCOCC3)ccc12. The maximum absolute atomic E-state index is 13.9. The molecule has 5 heterocycles. The van der Waals surface area contributed by atoms with Gasteiger partial charge in [-0.25, -0.2) is 15.0 Å². The molecule has 174 valence electrons. The van der Waals surface area contributed by atoms with Gasteiger partial charge in [0.2, 0.25) is 5.95 Å². The van der Waals surface area contributed by atoms with Crippen molar-refractivity contribution in [2.45, 2.75) is 31.1 Å². The van der Waals surface area contributed by atoms with E-state index in [4.69, 9.17) is 4.74 Å². The first kappa shape index (κ1) is 20.7. The number of ether oxygens (including phenoxy) is 1. The summed E-state index contributed by atoms with van der Waals surface area (Å²) in [5, 5.41) is 7.31. The number of H-pyrrole nitrogens is 1. The molecule has 1 aliphatic carbocycles. The van der Waals surface area contributed by atoms with Gasteiger partial charge in [0, 0.05) is 55.1 Å². The van der Waals surface area contributed by atoms with Gasteiger partial charge in [0.25, 0.3) is 0 Å². The molecule has 3 aromatic heterocycles. The fraction of sp³-hybridized carbons (Fsp3) is 0.500. The lowest BCUT2D eigenvalue weighted by Gasteiger charge is -2.27. The second-order valence-corrected chi connectivity index (χ2v) is 8.84.